The predicted molar refractivity (Wildman–Crippen MR) is 120 cm³/mol. The number of ketones is 1. The number of hydrogen-bond donors (Lipinski definition) is 1. The molecule has 0 heterocycles. The minimum absolute atomic E-state index is 0.0124. The maximum atomic E-state index is 12.5. The predicted octanol–water partition coefficient (Wildman–Crippen LogP) is 3.71. The van der Waals surface area contributed by atoms with Crippen LogP contribution in [-0.4, -0.2) is 35.7 Å². The second-order valence-corrected chi connectivity index (χ2v) is 7.60. The van der Waals surface area contributed by atoms with Gasteiger partial charge in [0.2, 0.25) is 0 Å². The van der Waals surface area contributed by atoms with Crippen LogP contribution in [0, 0.1) is 10.1 Å². The number of nitro groups is 1. The molecule has 0 bridgehead atoms. The quantitative estimate of drug-likeness (QED) is 0.192. The molecule has 3 aromatic carbocycles. The van der Waals surface area contributed by atoms with Gasteiger partial charge in [-0.25, -0.2) is 0 Å². The Bertz CT molecular complexity index is 1250. The van der Waals surface area contributed by atoms with Crippen molar-refractivity contribution in [1.82, 2.24) is 5.32 Å². The van der Waals surface area contributed by atoms with Crippen molar-refractivity contribution in [2.75, 3.05) is 13.2 Å². The summed E-state index contributed by atoms with van der Waals surface area (Å²) in [6.45, 7) is -0.367. The first-order chi connectivity index (χ1) is 15.9. The molecule has 33 heavy (non-hydrogen) atoms. The normalized spacial score (nSPS) is 11.3. The Morgan fingerprint density at radius 1 is 0.909 bits per heavy atom. The summed E-state index contributed by atoms with van der Waals surface area (Å²) in [6, 6.07) is 18.7. The number of carbonyl (C=O) groups is 3. The largest absolute Gasteiger partial charge is 0.457 e. The lowest BCUT2D eigenvalue weighted by Gasteiger charge is -2.08. The third-order valence-electron chi connectivity index (χ3n) is 5.44. The summed E-state index contributed by atoms with van der Waals surface area (Å²) in [7, 11) is 0. The van der Waals surface area contributed by atoms with Crippen LogP contribution < -0.4 is 5.32 Å². The van der Waals surface area contributed by atoms with E-state index in [1.54, 1.807) is 6.07 Å². The van der Waals surface area contributed by atoms with Gasteiger partial charge in [-0.05, 0) is 46.9 Å². The molecular formula is C25H20N2O6. The average molecular weight is 444 g/mol. The Balaban J connectivity index is 1.25. The first kappa shape index (κ1) is 21.9. The van der Waals surface area contributed by atoms with Crippen LogP contribution in [0.5, 0.6) is 0 Å². The van der Waals surface area contributed by atoms with E-state index in [9.17, 15) is 24.5 Å². The van der Waals surface area contributed by atoms with Crippen molar-refractivity contribution in [3.63, 3.8) is 0 Å². The summed E-state index contributed by atoms with van der Waals surface area (Å²) in [5.41, 5.74) is 5.12. The van der Waals surface area contributed by atoms with Gasteiger partial charge in [0.15, 0.2) is 12.4 Å². The molecule has 0 radical (unpaired) electrons. The second-order valence-electron chi connectivity index (χ2n) is 7.60. The summed E-state index contributed by atoms with van der Waals surface area (Å²) in [4.78, 5) is 46.6. The van der Waals surface area contributed by atoms with E-state index < -0.39 is 16.8 Å². The van der Waals surface area contributed by atoms with Gasteiger partial charge in [-0.2, -0.15) is 0 Å². The molecule has 0 unspecified atom stereocenters. The van der Waals surface area contributed by atoms with E-state index in [0.717, 1.165) is 23.1 Å². The number of Topliss-reactive ketones (excluding diaryl/α,β-unsaturated/α-hetero) is 1. The van der Waals surface area contributed by atoms with Gasteiger partial charge in [-0.1, -0.05) is 36.4 Å². The zero-order chi connectivity index (χ0) is 23.4. The van der Waals surface area contributed by atoms with Gasteiger partial charge in [0, 0.05) is 29.8 Å². The monoisotopic (exact) mass is 444 g/mol. The highest BCUT2D eigenvalue weighted by Crippen LogP contribution is 2.36. The van der Waals surface area contributed by atoms with Crippen molar-refractivity contribution in [3.8, 4) is 11.1 Å². The number of carbonyl (C=O) groups excluding carboxylic acids is 3. The number of ether oxygens (including phenoxy) is 1. The summed E-state index contributed by atoms with van der Waals surface area (Å²) in [6.07, 6.45) is 0.726. The summed E-state index contributed by atoms with van der Waals surface area (Å²) in [5.74, 6) is -1.38. The lowest BCUT2D eigenvalue weighted by atomic mass is 10.0. The molecule has 0 saturated heterocycles. The fraction of sp³-hybridized carbons (Fsp3) is 0.160. The lowest BCUT2D eigenvalue weighted by Crippen LogP contribution is -2.27. The fourth-order valence-electron chi connectivity index (χ4n) is 3.71. The molecule has 1 amide bonds. The highest BCUT2D eigenvalue weighted by molar-refractivity contribution is 5.99. The van der Waals surface area contributed by atoms with Crippen LogP contribution in [-0.2, 0) is 16.0 Å². The molecule has 1 N–H and O–H groups in total. The molecule has 3 aromatic rings. The summed E-state index contributed by atoms with van der Waals surface area (Å²) >= 11 is 0. The van der Waals surface area contributed by atoms with Crippen LogP contribution in [0.1, 0.15) is 38.3 Å². The third-order valence-corrected chi connectivity index (χ3v) is 5.44. The van der Waals surface area contributed by atoms with Crippen molar-refractivity contribution < 1.29 is 24.0 Å². The van der Waals surface area contributed by atoms with E-state index in [1.165, 1.54) is 29.8 Å². The number of esters is 1. The van der Waals surface area contributed by atoms with Crippen LogP contribution in [0.15, 0.2) is 66.7 Å². The Kier molecular flexibility index (Phi) is 6.26. The fourth-order valence-corrected chi connectivity index (χ4v) is 3.71. The SMILES string of the molecule is O=C(CCNC(=O)c1ccc([N+](=O)[O-])cc1)OCC(=O)c1ccc2c(c1)-c1ccccc1C2. The Morgan fingerprint density at radius 3 is 2.36 bits per heavy atom. The zero-order valence-corrected chi connectivity index (χ0v) is 17.6. The van der Waals surface area contributed by atoms with E-state index in [1.807, 2.05) is 30.3 Å². The molecule has 8 nitrogen and oxygen atoms in total. The summed E-state index contributed by atoms with van der Waals surface area (Å²) in [5, 5.41) is 13.2. The standard InChI is InChI=1S/C25H20N2O6/c28-23(19-6-5-18-13-17-3-1-2-4-21(17)22(18)14-19)15-33-24(29)11-12-26-25(30)16-7-9-20(10-8-16)27(31)32/h1-10,14H,11-13,15H2,(H,26,30). The van der Waals surface area contributed by atoms with Crippen molar-refractivity contribution in [1.29, 1.82) is 0 Å². The maximum Gasteiger partial charge on any atom is 0.308 e. The highest BCUT2D eigenvalue weighted by atomic mass is 16.6. The molecule has 8 heteroatoms. The molecular weight excluding hydrogens is 424 g/mol. The number of non-ortho nitro benzene ring substituents is 1. The number of hydrogen-bond acceptors (Lipinski definition) is 6. The van der Waals surface area contributed by atoms with Gasteiger partial charge in [0.1, 0.15) is 0 Å². The van der Waals surface area contributed by atoms with Crippen molar-refractivity contribution in [2.24, 2.45) is 0 Å². The van der Waals surface area contributed by atoms with Gasteiger partial charge in [-0.15, -0.1) is 0 Å². The van der Waals surface area contributed by atoms with Crippen molar-refractivity contribution >= 4 is 23.3 Å². The van der Waals surface area contributed by atoms with Gasteiger partial charge < -0.3 is 10.1 Å². The Labute approximate surface area is 189 Å². The molecule has 0 spiro atoms. The lowest BCUT2D eigenvalue weighted by molar-refractivity contribution is -0.384. The smallest absolute Gasteiger partial charge is 0.308 e. The molecule has 0 aliphatic heterocycles. The third kappa shape index (κ3) is 4.95. The van der Waals surface area contributed by atoms with Gasteiger partial charge in [-0.3, -0.25) is 24.5 Å². The molecule has 166 valence electrons. The molecule has 0 saturated carbocycles. The van der Waals surface area contributed by atoms with Crippen LogP contribution in [0.4, 0.5) is 5.69 Å². The van der Waals surface area contributed by atoms with E-state index in [2.05, 4.69) is 11.4 Å². The first-order valence-electron chi connectivity index (χ1n) is 10.3. The Morgan fingerprint density at radius 2 is 1.61 bits per heavy atom. The van der Waals surface area contributed by atoms with Crippen molar-refractivity contribution in [2.45, 2.75) is 12.8 Å². The zero-order valence-electron chi connectivity index (χ0n) is 17.6. The minimum Gasteiger partial charge on any atom is -0.457 e. The number of benzene rings is 3. The molecule has 1 aliphatic carbocycles. The first-order valence-corrected chi connectivity index (χ1v) is 10.3. The number of nitro benzene ring substituents is 1. The molecule has 0 atom stereocenters. The molecule has 0 aromatic heterocycles. The number of rotatable bonds is 8. The van der Waals surface area contributed by atoms with Crippen LogP contribution >= 0.6 is 0 Å². The van der Waals surface area contributed by atoms with Crippen LogP contribution in [0.2, 0.25) is 0 Å². The van der Waals surface area contributed by atoms with Crippen molar-refractivity contribution in [3.05, 3.63) is 99.1 Å². The number of amides is 1. The Hall–Kier alpha value is -4.33. The minimum atomic E-state index is -0.612. The topological polar surface area (TPSA) is 116 Å². The van der Waals surface area contributed by atoms with Gasteiger partial charge in [0.05, 0.1) is 11.3 Å². The molecule has 1 aliphatic rings. The number of fused-ring (bicyclic) bond motifs is 3. The van der Waals surface area contributed by atoms with Gasteiger partial charge in [0.25, 0.3) is 11.6 Å². The maximum absolute atomic E-state index is 12.5. The second kappa shape index (κ2) is 9.44. The molecule has 4 rings (SSSR count). The average Bonchev–Trinajstić information content (AvgIpc) is 3.20. The van der Waals surface area contributed by atoms with E-state index >= 15 is 0 Å². The molecule has 0 fully saturated rings. The van der Waals surface area contributed by atoms with E-state index in [4.69, 9.17) is 4.74 Å². The number of nitrogens with one attached hydrogen (secondary N) is 1. The van der Waals surface area contributed by atoms with Crippen LogP contribution in [0.3, 0.4) is 0 Å². The highest BCUT2D eigenvalue weighted by Gasteiger charge is 2.20. The van der Waals surface area contributed by atoms with E-state index in [-0.39, 0.29) is 36.6 Å². The van der Waals surface area contributed by atoms with E-state index in [0.29, 0.717) is 5.56 Å². The van der Waals surface area contributed by atoms with Gasteiger partial charge >= 0.3 is 5.97 Å². The van der Waals surface area contributed by atoms with Crippen LogP contribution in [0.25, 0.3) is 11.1 Å². The number of nitrogens with zero attached hydrogens (tertiary/aromatic N) is 1. The summed E-state index contributed by atoms with van der Waals surface area (Å²) < 4.78 is 5.06.